The summed E-state index contributed by atoms with van der Waals surface area (Å²) in [6, 6.07) is 13.5. The number of para-hydroxylation sites is 1. The first kappa shape index (κ1) is 20.1. The molecule has 0 spiro atoms. The molecule has 0 radical (unpaired) electrons. The molecule has 3 aromatic rings. The van der Waals surface area contributed by atoms with Crippen molar-refractivity contribution < 1.29 is 18.7 Å². The normalized spacial score (nSPS) is 11.6. The summed E-state index contributed by atoms with van der Waals surface area (Å²) >= 11 is 0. The Morgan fingerprint density at radius 1 is 1.10 bits per heavy atom. The highest BCUT2D eigenvalue weighted by molar-refractivity contribution is 5.96. The number of amides is 2. The molecule has 0 unspecified atom stereocenters. The molecule has 1 aromatic heterocycles. The molecule has 0 saturated heterocycles. The van der Waals surface area contributed by atoms with Crippen molar-refractivity contribution in [3.8, 4) is 11.4 Å². The van der Waals surface area contributed by atoms with Gasteiger partial charge in [0.1, 0.15) is 0 Å². The Balaban J connectivity index is 1.62. The lowest BCUT2D eigenvalue weighted by molar-refractivity contribution is -0.128. The predicted octanol–water partition coefficient (Wildman–Crippen LogP) is 2.86. The van der Waals surface area contributed by atoms with E-state index in [0.29, 0.717) is 11.3 Å². The van der Waals surface area contributed by atoms with Gasteiger partial charge in [-0.1, -0.05) is 24.3 Å². The number of ether oxygens (including phenoxy) is 1. The van der Waals surface area contributed by atoms with Crippen LogP contribution in [0.4, 0.5) is 4.39 Å². The number of aromatic nitrogens is 2. The molecule has 0 aliphatic rings. The first-order valence-electron chi connectivity index (χ1n) is 9.00. The van der Waals surface area contributed by atoms with Crippen LogP contribution in [-0.2, 0) is 4.79 Å². The molecule has 150 valence electrons. The molecular weight excluding hydrogens is 375 g/mol. The standard InChI is InChI=1S/C21H21FN4O3/c1-13-7-6-8-16(11-13)26-14(2)17(12-23-26)21(28)25-24-20(27)15(3)29-19-10-5-4-9-18(19)22/h4-12,15H,1-3H3,(H,24,27)(H,25,28)/t15-/m0/s1. The van der Waals surface area contributed by atoms with Gasteiger partial charge in [0.2, 0.25) is 0 Å². The number of hydrogen-bond donors (Lipinski definition) is 2. The molecule has 7 nitrogen and oxygen atoms in total. The zero-order chi connectivity index (χ0) is 21.0. The minimum absolute atomic E-state index is 0.0447. The molecule has 0 aliphatic heterocycles. The number of aryl methyl sites for hydroxylation is 1. The first-order chi connectivity index (χ1) is 13.9. The monoisotopic (exact) mass is 396 g/mol. The average molecular weight is 396 g/mol. The van der Waals surface area contributed by atoms with Gasteiger partial charge in [0.15, 0.2) is 17.7 Å². The second kappa shape index (κ2) is 8.55. The maximum absolute atomic E-state index is 13.6. The molecule has 0 fully saturated rings. The molecule has 1 heterocycles. The first-order valence-corrected chi connectivity index (χ1v) is 9.00. The van der Waals surface area contributed by atoms with Crippen LogP contribution >= 0.6 is 0 Å². The van der Waals surface area contributed by atoms with Crippen LogP contribution in [0.3, 0.4) is 0 Å². The smallest absolute Gasteiger partial charge is 0.279 e. The number of nitrogens with zero attached hydrogens (tertiary/aromatic N) is 2. The van der Waals surface area contributed by atoms with E-state index in [1.807, 2.05) is 31.2 Å². The van der Waals surface area contributed by atoms with E-state index in [-0.39, 0.29) is 5.75 Å². The van der Waals surface area contributed by atoms with Crippen LogP contribution in [-0.4, -0.2) is 27.7 Å². The highest BCUT2D eigenvalue weighted by Gasteiger charge is 2.19. The highest BCUT2D eigenvalue weighted by Crippen LogP contribution is 2.17. The summed E-state index contributed by atoms with van der Waals surface area (Å²) in [6.45, 7) is 5.18. The molecule has 0 bridgehead atoms. The summed E-state index contributed by atoms with van der Waals surface area (Å²) in [4.78, 5) is 24.6. The van der Waals surface area contributed by atoms with E-state index in [0.717, 1.165) is 11.3 Å². The third-order valence-electron chi connectivity index (χ3n) is 4.31. The SMILES string of the molecule is Cc1cccc(-n2ncc(C(=O)NNC(=O)[C@H](C)Oc3ccccc3F)c2C)c1. The topological polar surface area (TPSA) is 85.3 Å². The predicted molar refractivity (Wildman–Crippen MR) is 105 cm³/mol. The van der Waals surface area contributed by atoms with E-state index < -0.39 is 23.7 Å². The van der Waals surface area contributed by atoms with Gasteiger partial charge in [0.25, 0.3) is 11.8 Å². The van der Waals surface area contributed by atoms with Gasteiger partial charge >= 0.3 is 0 Å². The molecule has 3 rings (SSSR count). The Labute approximate surface area is 167 Å². The fourth-order valence-corrected chi connectivity index (χ4v) is 2.72. The molecule has 0 saturated carbocycles. The lowest BCUT2D eigenvalue weighted by Gasteiger charge is -2.15. The second-order valence-corrected chi connectivity index (χ2v) is 6.53. The van der Waals surface area contributed by atoms with Crippen molar-refractivity contribution in [3.05, 3.63) is 77.4 Å². The largest absolute Gasteiger partial charge is 0.478 e. The maximum atomic E-state index is 13.6. The molecule has 29 heavy (non-hydrogen) atoms. The summed E-state index contributed by atoms with van der Waals surface area (Å²) in [6.07, 6.45) is 0.418. The quantitative estimate of drug-likeness (QED) is 0.650. The van der Waals surface area contributed by atoms with Crippen LogP contribution in [0.5, 0.6) is 5.75 Å². The zero-order valence-electron chi connectivity index (χ0n) is 16.3. The van der Waals surface area contributed by atoms with E-state index in [1.54, 1.807) is 17.7 Å². The highest BCUT2D eigenvalue weighted by atomic mass is 19.1. The van der Waals surface area contributed by atoms with E-state index in [4.69, 9.17) is 4.74 Å². The van der Waals surface area contributed by atoms with E-state index >= 15 is 0 Å². The molecular formula is C21H21FN4O3. The van der Waals surface area contributed by atoms with Gasteiger partial charge in [-0.05, 0) is 50.6 Å². The Hall–Kier alpha value is -3.68. The lowest BCUT2D eigenvalue weighted by Crippen LogP contribution is -2.47. The van der Waals surface area contributed by atoms with Crippen LogP contribution in [0.25, 0.3) is 5.69 Å². The number of benzene rings is 2. The van der Waals surface area contributed by atoms with Gasteiger partial charge in [-0.2, -0.15) is 5.10 Å². The fraction of sp³-hybridized carbons (Fsp3) is 0.190. The number of hydrogen-bond acceptors (Lipinski definition) is 4. The summed E-state index contributed by atoms with van der Waals surface area (Å²) in [7, 11) is 0. The lowest BCUT2D eigenvalue weighted by atomic mass is 10.2. The van der Waals surface area contributed by atoms with Crippen molar-refractivity contribution in [2.24, 2.45) is 0 Å². The number of nitrogens with one attached hydrogen (secondary N) is 2. The fourth-order valence-electron chi connectivity index (χ4n) is 2.72. The zero-order valence-corrected chi connectivity index (χ0v) is 16.3. The number of rotatable bonds is 5. The molecule has 2 amide bonds. The average Bonchev–Trinajstić information content (AvgIpc) is 3.09. The second-order valence-electron chi connectivity index (χ2n) is 6.53. The molecule has 2 aromatic carbocycles. The number of carbonyl (C=O) groups excluding carboxylic acids is 2. The van der Waals surface area contributed by atoms with Gasteiger partial charge in [-0.25, -0.2) is 9.07 Å². The minimum atomic E-state index is -1.01. The molecule has 0 aliphatic carbocycles. The Morgan fingerprint density at radius 3 is 2.59 bits per heavy atom. The van der Waals surface area contributed by atoms with E-state index in [9.17, 15) is 14.0 Å². The molecule has 1 atom stereocenters. The van der Waals surface area contributed by atoms with Crippen LogP contribution in [0.1, 0.15) is 28.5 Å². The summed E-state index contributed by atoms with van der Waals surface area (Å²) in [5, 5.41) is 4.25. The maximum Gasteiger partial charge on any atom is 0.279 e. The van der Waals surface area contributed by atoms with Crippen molar-refractivity contribution in [3.63, 3.8) is 0 Å². The van der Waals surface area contributed by atoms with E-state index in [1.165, 1.54) is 31.3 Å². The van der Waals surface area contributed by atoms with Crippen molar-refractivity contribution >= 4 is 11.8 Å². The van der Waals surface area contributed by atoms with Crippen molar-refractivity contribution in [2.45, 2.75) is 26.9 Å². The van der Waals surface area contributed by atoms with Crippen LogP contribution in [0.2, 0.25) is 0 Å². The number of hydrazine groups is 1. The Bertz CT molecular complexity index is 1050. The van der Waals surface area contributed by atoms with Gasteiger partial charge in [-0.3, -0.25) is 20.4 Å². The van der Waals surface area contributed by atoms with Crippen molar-refractivity contribution in [1.29, 1.82) is 0 Å². The summed E-state index contributed by atoms with van der Waals surface area (Å²) in [5.74, 6) is -1.76. The molecule has 8 heteroatoms. The van der Waals surface area contributed by atoms with Gasteiger partial charge in [-0.15, -0.1) is 0 Å². The minimum Gasteiger partial charge on any atom is -0.478 e. The summed E-state index contributed by atoms with van der Waals surface area (Å²) in [5.41, 5.74) is 7.45. The third-order valence-corrected chi connectivity index (χ3v) is 4.31. The summed E-state index contributed by atoms with van der Waals surface area (Å²) < 4.78 is 20.6. The van der Waals surface area contributed by atoms with Crippen molar-refractivity contribution in [1.82, 2.24) is 20.6 Å². The number of halogens is 1. The van der Waals surface area contributed by atoms with Gasteiger partial charge in [0, 0.05) is 0 Å². The molecule has 2 N–H and O–H groups in total. The Kier molecular flexibility index (Phi) is 5.92. The van der Waals surface area contributed by atoms with Crippen molar-refractivity contribution in [2.75, 3.05) is 0 Å². The van der Waals surface area contributed by atoms with Crippen LogP contribution < -0.4 is 15.6 Å². The number of carbonyl (C=O) groups is 2. The van der Waals surface area contributed by atoms with Crippen LogP contribution in [0, 0.1) is 19.7 Å². The van der Waals surface area contributed by atoms with Crippen LogP contribution in [0.15, 0.2) is 54.7 Å². The van der Waals surface area contributed by atoms with E-state index in [2.05, 4.69) is 16.0 Å². The Morgan fingerprint density at radius 2 is 1.86 bits per heavy atom. The van der Waals surface area contributed by atoms with Gasteiger partial charge < -0.3 is 4.74 Å². The third kappa shape index (κ3) is 4.60. The van der Waals surface area contributed by atoms with Gasteiger partial charge in [0.05, 0.1) is 23.1 Å².